The van der Waals surface area contributed by atoms with Crippen LogP contribution in [0, 0.1) is 13.8 Å². The van der Waals surface area contributed by atoms with E-state index in [4.69, 9.17) is 4.42 Å². The summed E-state index contributed by atoms with van der Waals surface area (Å²) in [6, 6.07) is 6.08. The van der Waals surface area contributed by atoms with E-state index < -0.39 is 0 Å². The number of benzene rings is 1. The number of rotatable bonds is 4. The summed E-state index contributed by atoms with van der Waals surface area (Å²) in [4.78, 5) is 14.6. The molecular weight excluding hydrogens is 334 g/mol. The Labute approximate surface area is 153 Å². The summed E-state index contributed by atoms with van der Waals surface area (Å²) in [5.74, 6) is 0.665. The molecule has 0 saturated carbocycles. The molecule has 0 N–H and O–H groups in total. The lowest BCUT2D eigenvalue weighted by Crippen LogP contribution is -2.37. The van der Waals surface area contributed by atoms with E-state index in [2.05, 4.69) is 24.0 Å². The molecule has 0 radical (unpaired) electrons. The van der Waals surface area contributed by atoms with Crippen LogP contribution in [-0.2, 0) is 4.79 Å². The van der Waals surface area contributed by atoms with Crippen LogP contribution >= 0.6 is 11.8 Å². The predicted octanol–water partition coefficient (Wildman–Crippen LogP) is 4.24. The van der Waals surface area contributed by atoms with Crippen LogP contribution < -0.4 is 0 Å². The van der Waals surface area contributed by atoms with Crippen molar-refractivity contribution in [2.24, 2.45) is 0 Å². The van der Waals surface area contributed by atoms with Gasteiger partial charge in [0, 0.05) is 18.7 Å². The molecule has 1 atom stereocenters. The maximum Gasteiger partial charge on any atom is 0.277 e. The molecule has 134 valence electrons. The smallest absolute Gasteiger partial charge is 0.277 e. The Morgan fingerprint density at radius 1 is 1.12 bits per heavy atom. The highest BCUT2D eigenvalue weighted by Crippen LogP contribution is 2.28. The lowest BCUT2D eigenvalue weighted by Gasteiger charge is -2.23. The van der Waals surface area contributed by atoms with Gasteiger partial charge in [0.1, 0.15) is 0 Å². The first-order valence-corrected chi connectivity index (χ1v) is 9.79. The Hall–Kier alpha value is -1.82. The number of nitrogens with zero attached hydrogens (tertiary/aromatic N) is 3. The first-order chi connectivity index (χ1) is 12.0. The minimum atomic E-state index is -0.217. The van der Waals surface area contributed by atoms with Crippen LogP contribution in [0.2, 0.25) is 0 Å². The highest BCUT2D eigenvalue weighted by atomic mass is 32.2. The summed E-state index contributed by atoms with van der Waals surface area (Å²) < 4.78 is 5.77. The minimum absolute atomic E-state index is 0.165. The third-order valence-corrected chi connectivity index (χ3v) is 5.63. The van der Waals surface area contributed by atoms with Gasteiger partial charge >= 0.3 is 0 Å². The summed E-state index contributed by atoms with van der Waals surface area (Å²) in [6.07, 6.45) is 4.63. The highest BCUT2D eigenvalue weighted by Gasteiger charge is 2.24. The van der Waals surface area contributed by atoms with Gasteiger partial charge in [0.2, 0.25) is 11.8 Å². The van der Waals surface area contributed by atoms with E-state index in [9.17, 15) is 4.79 Å². The molecule has 0 spiro atoms. The largest absolute Gasteiger partial charge is 0.411 e. The van der Waals surface area contributed by atoms with Crippen LogP contribution in [0.4, 0.5) is 0 Å². The van der Waals surface area contributed by atoms with Gasteiger partial charge in [-0.25, -0.2) is 0 Å². The zero-order valence-electron chi connectivity index (χ0n) is 15.1. The average Bonchev–Trinajstić information content (AvgIpc) is 2.89. The highest BCUT2D eigenvalue weighted by molar-refractivity contribution is 8.00. The van der Waals surface area contributed by atoms with Crippen molar-refractivity contribution in [2.75, 3.05) is 13.1 Å². The Kier molecular flexibility index (Phi) is 5.78. The second-order valence-electron chi connectivity index (χ2n) is 6.67. The van der Waals surface area contributed by atoms with Crippen LogP contribution in [0.3, 0.4) is 0 Å². The zero-order valence-corrected chi connectivity index (χ0v) is 15.9. The third kappa shape index (κ3) is 4.42. The lowest BCUT2D eigenvalue weighted by atomic mass is 10.1. The average molecular weight is 359 g/mol. The Morgan fingerprint density at radius 3 is 2.52 bits per heavy atom. The van der Waals surface area contributed by atoms with Crippen LogP contribution in [0.15, 0.2) is 27.8 Å². The number of carbonyl (C=O) groups is 1. The van der Waals surface area contributed by atoms with Crippen LogP contribution in [-0.4, -0.2) is 39.3 Å². The number of aryl methyl sites for hydroxylation is 2. The molecule has 1 saturated heterocycles. The maximum atomic E-state index is 12.6. The molecule has 1 amide bonds. The molecule has 2 aromatic rings. The van der Waals surface area contributed by atoms with E-state index in [-0.39, 0.29) is 11.2 Å². The monoisotopic (exact) mass is 359 g/mol. The van der Waals surface area contributed by atoms with Crippen LogP contribution in [0.1, 0.15) is 43.7 Å². The first-order valence-electron chi connectivity index (χ1n) is 8.91. The molecule has 5 nitrogen and oxygen atoms in total. The summed E-state index contributed by atoms with van der Waals surface area (Å²) in [7, 11) is 0. The van der Waals surface area contributed by atoms with Crippen molar-refractivity contribution in [3.8, 4) is 11.5 Å². The van der Waals surface area contributed by atoms with Gasteiger partial charge in [-0.3, -0.25) is 4.79 Å². The van der Waals surface area contributed by atoms with Gasteiger partial charge in [-0.1, -0.05) is 30.7 Å². The number of amides is 1. The number of thioether (sulfide) groups is 1. The quantitative estimate of drug-likeness (QED) is 0.764. The maximum absolute atomic E-state index is 12.6. The van der Waals surface area contributed by atoms with E-state index in [1.54, 1.807) is 0 Å². The molecule has 1 aliphatic rings. The lowest BCUT2D eigenvalue weighted by molar-refractivity contribution is -0.130. The fraction of sp³-hybridized carbons (Fsp3) is 0.526. The van der Waals surface area contributed by atoms with Crippen molar-refractivity contribution in [1.29, 1.82) is 0 Å². The van der Waals surface area contributed by atoms with E-state index in [0.29, 0.717) is 11.1 Å². The van der Waals surface area contributed by atoms with E-state index in [1.165, 1.54) is 35.7 Å². The Bertz CT molecular complexity index is 736. The van der Waals surface area contributed by atoms with Gasteiger partial charge in [0.15, 0.2) is 0 Å². The number of hydrogen-bond donors (Lipinski definition) is 0. The van der Waals surface area contributed by atoms with E-state index in [1.807, 2.05) is 30.0 Å². The van der Waals surface area contributed by atoms with E-state index in [0.717, 1.165) is 31.5 Å². The molecule has 1 aliphatic heterocycles. The topological polar surface area (TPSA) is 59.2 Å². The van der Waals surface area contributed by atoms with Gasteiger partial charge in [0.25, 0.3) is 5.22 Å². The molecule has 0 aliphatic carbocycles. The Morgan fingerprint density at radius 2 is 1.84 bits per heavy atom. The molecule has 3 rings (SSSR count). The number of likely N-dealkylation sites (tertiary alicyclic amines) is 1. The van der Waals surface area contributed by atoms with Crippen molar-refractivity contribution in [3.05, 3.63) is 29.3 Å². The molecule has 1 unspecified atom stereocenters. The molecular formula is C19H25N3O2S. The van der Waals surface area contributed by atoms with Crippen molar-refractivity contribution >= 4 is 17.7 Å². The number of aromatic nitrogens is 2. The summed E-state index contributed by atoms with van der Waals surface area (Å²) in [5, 5.41) is 8.47. The Balaban J connectivity index is 1.65. The van der Waals surface area contributed by atoms with Gasteiger partial charge in [-0.05, 0) is 56.9 Å². The minimum Gasteiger partial charge on any atom is -0.411 e. The zero-order chi connectivity index (χ0) is 17.8. The summed E-state index contributed by atoms with van der Waals surface area (Å²) in [6.45, 7) is 7.78. The molecule has 1 fully saturated rings. The van der Waals surface area contributed by atoms with Gasteiger partial charge in [-0.15, -0.1) is 10.2 Å². The third-order valence-electron chi connectivity index (χ3n) is 4.70. The molecule has 0 bridgehead atoms. The van der Waals surface area contributed by atoms with E-state index >= 15 is 0 Å². The van der Waals surface area contributed by atoms with Crippen molar-refractivity contribution in [1.82, 2.24) is 15.1 Å². The molecule has 25 heavy (non-hydrogen) atoms. The summed E-state index contributed by atoms with van der Waals surface area (Å²) >= 11 is 1.34. The first kappa shape index (κ1) is 18.0. The van der Waals surface area contributed by atoms with Gasteiger partial charge in [0.05, 0.1) is 5.25 Å². The fourth-order valence-corrected chi connectivity index (χ4v) is 3.77. The molecule has 1 aromatic carbocycles. The SMILES string of the molecule is Cc1ccc(-c2nnc(SC(C)C(=O)N3CCCCCC3)o2)cc1C. The molecule has 6 heteroatoms. The van der Waals surface area contributed by atoms with Crippen LogP contribution in [0.25, 0.3) is 11.5 Å². The van der Waals surface area contributed by atoms with Crippen molar-refractivity contribution in [2.45, 2.75) is 56.9 Å². The van der Waals surface area contributed by atoms with Crippen molar-refractivity contribution < 1.29 is 9.21 Å². The number of hydrogen-bond acceptors (Lipinski definition) is 5. The fourth-order valence-electron chi connectivity index (χ4n) is 3.00. The molecule has 1 aromatic heterocycles. The van der Waals surface area contributed by atoms with Gasteiger partial charge < -0.3 is 9.32 Å². The summed E-state index contributed by atoms with van der Waals surface area (Å²) in [5.41, 5.74) is 3.33. The molecule has 2 heterocycles. The van der Waals surface area contributed by atoms with Crippen LogP contribution in [0.5, 0.6) is 0 Å². The normalized spacial score (nSPS) is 16.5. The second-order valence-corrected chi connectivity index (χ2v) is 7.96. The number of carbonyl (C=O) groups excluding carboxylic acids is 1. The second kappa shape index (κ2) is 8.04. The standard InChI is InChI=1S/C19H25N3O2S/c1-13-8-9-16(12-14(13)2)17-20-21-19(24-17)25-15(3)18(23)22-10-6-4-5-7-11-22/h8-9,12,15H,4-7,10-11H2,1-3H3. The van der Waals surface area contributed by atoms with Crippen molar-refractivity contribution in [3.63, 3.8) is 0 Å². The van der Waals surface area contributed by atoms with Gasteiger partial charge in [-0.2, -0.15) is 0 Å². The predicted molar refractivity (Wildman–Crippen MR) is 99.6 cm³/mol.